The Kier molecular flexibility index (Phi) is 6.81. The lowest BCUT2D eigenvalue weighted by Crippen LogP contribution is -2.29. The molecule has 30 heavy (non-hydrogen) atoms. The average molecular weight is 426 g/mol. The number of carboxylic acid groups (broad SMARTS) is 1. The number of carboxylic acids is 1. The van der Waals surface area contributed by atoms with Crippen molar-refractivity contribution in [3.05, 3.63) is 89.7 Å². The molecule has 0 radical (unpaired) electrons. The highest BCUT2D eigenvalue weighted by Gasteiger charge is 2.30. The summed E-state index contributed by atoms with van der Waals surface area (Å²) < 4.78 is 32.1. The number of hydrogen-bond acceptors (Lipinski definition) is 6. The first-order valence-electron chi connectivity index (χ1n) is 9.35. The maximum atomic E-state index is 13.3. The highest BCUT2D eigenvalue weighted by molar-refractivity contribution is 7.91. The van der Waals surface area contributed by atoms with Gasteiger partial charge in [-0.15, -0.1) is 0 Å². The zero-order chi connectivity index (χ0) is 21.6. The van der Waals surface area contributed by atoms with Gasteiger partial charge in [-0.05, 0) is 61.0 Å². The molecule has 1 atom stereocenters. The minimum atomic E-state index is -3.80. The molecule has 0 spiro atoms. The SMILES string of the molecule is CCOc1ccc(S(=O)(=O)C(NCc2ccc(C(=O)O)cc2)c2ccccn2)cc1. The number of hydrogen-bond donors (Lipinski definition) is 2. The maximum absolute atomic E-state index is 13.3. The van der Waals surface area contributed by atoms with Crippen LogP contribution in [-0.2, 0) is 16.4 Å². The van der Waals surface area contributed by atoms with Crippen molar-refractivity contribution >= 4 is 15.8 Å². The van der Waals surface area contributed by atoms with Crippen molar-refractivity contribution in [1.82, 2.24) is 10.3 Å². The van der Waals surface area contributed by atoms with Gasteiger partial charge < -0.3 is 9.84 Å². The Balaban J connectivity index is 1.87. The van der Waals surface area contributed by atoms with Crippen LogP contribution in [0.4, 0.5) is 0 Å². The predicted molar refractivity (Wildman–Crippen MR) is 112 cm³/mol. The fourth-order valence-electron chi connectivity index (χ4n) is 2.91. The number of benzene rings is 2. The zero-order valence-electron chi connectivity index (χ0n) is 16.4. The van der Waals surface area contributed by atoms with E-state index in [0.717, 1.165) is 5.56 Å². The van der Waals surface area contributed by atoms with Crippen molar-refractivity contribution in [3.8, 4) is 5.75 Å². The van der Waals surface area contributed by atoms with Crippen molar-refractivity contribution in [2.75, 3.05) is 6.61 Å². The molecular formula is C22H22N2O5S. The largest absolute Gasteiger partial charge is 0.494 e. The number of nitrogens with zero attached hydrogens (tertiary/aromatic N) is 1. The molecule has 0 aliphatic carbocycles. The van der Waals surface area contributed by atoms with Gasteiger partial charge in [-0.2, -0.15) is 0 Å². The van der Waals surface area contributed by atoms with Crippen LogP contribution in [0.15, 0.2) is 77.8 Å². The number of nitrogens with one attached hydrogen (secondary N) is 1. The van der Waals surface area contributed by atoms with Gasteiger partial charge in [0.2, 0.25) is 0 Å². The van der Waals surface area contributed by atoms with Crippen LogP contribution in [0.3, 0.4) is 0 Å². The van der Waals surface area contributed by atoms with E-state index in [1.807, 2.05) is 6.92 Å². The molecule has 0 bridgehead atoms. The lowest BCUT2D eigenvalue weighted by atomic mass is 10.1. The Morgan fingerprint density at radius 1 is 1.07 bits per heavy atom. The van der Waals surface area contributed by atoms with Crippen molar-refractivity contribution < 1.29 is 23.1 Å². The van der Waals surface area contributed by atoms with Gasteiger partial charge in [0.1, 0.15) is 5.75 Å². The van der Waals surface area contributed by atoms with Crippen LogP contribution in [0.5, 0.6) is 5.75 Å². The number of aromatic carboxylic acids is 1. The Bertz CT molecular complexity index is 1080. The predicted octanol–water partition coefficient (Wildman–Crippen LogP) is 3.44. The molecule has 1 heterocycles. The summed E-state index contributed by atoms with van der Waals surface area (Å²) in [6, 6.07) is 17.6. The van der Waals surface area contributed by atoms with Crippen molar-refractivity contribution in [3.63, 3.8) is 0 Å². The van der Waals surface area contributed by atoms with E-state index < -0.39 is 21.2 Å². The molecule has 7 nitrogen and oxygen atoms in total. The van der Waals surface area contributed by atoms with Crippen LogP contribution in [-0.4, -0.2) is 31.1 Å². The van der Waals surface area contributed by atoms with Gasteiger partial charge in [-0.3, -0.25) is 10.3 Å². The molecule has 2 aromatic carbocycles. The Morgan fingerprint density at radius 3 is 2.33 bits per heavy atom. The van der Waals surface area contributed by atoms with Crippen LogP contribution in [0.1, 0.15) is 33.9 Å². The molecule has 0 fully saturated rings. The molecule has 0 saturated carbocycles. The summed E-state index contributed by atoms with van der Waals surface area (Å²) in [6.07, 6.45) is 1.54. The normalized spacial score (nSPS) is 12.3. The van der Waals surface area contributed by atoms with Gasteiger partial charge in [0.15, 0.2) is 15.2 Å². The third kappa shape index (κ3) is 5.03. The summed E-state index contributed by atoms with van der Waals surface area (Å²) in [5.41, 5.74) is 1.29. The first-order valence-corrected chi connectivity index (χ1v) is 10.9. The van der Waals surface area contributed by atoms with Gasteiger partial charge in [0.25, 0.3) is 0 Å². The maximum Gasteiger partial charge on any atom is 0.335 e. The molecule has 3 aromatic rings. The summed E-state index contributed by atoms with van der Waals surface area (Å²) in [5.74, 6) is -0.420. The Morgan fingerprint density at radius 2 is 1.77 bits per heavy atom. The van der Waals surface area contributed by atoms with Crippen LogP contribution >= 0.6 is 0 Å². The Hall–Kier alpha value is -3.23. The van der Waals surface area contributed by atoms with E-state index >= 15 is 0 Å². The Labute approximate surface area is 175 Å². The molecule has 0 amide bonds. The van der Waals surface area contributed by atoms with E-state index in [0.29, 0.717) is 18.1 Å². The molecule has 2 N–H and O–H groups in total. The minimum Gasteiger partial charge on any atom is -0.494 e. The molecule has 156 valence electrons. The molecule has 8 heteroatoms. The van der Waals surface area contributed by atoms with E-state index in [2.05, 4.69) is 10.3 Å². The second-order valence-electron chi connectivity index (χ2n) is 6.47. The number of pyridine rings is 1. The summed E-state index contributed by atoms with van der Waals surface area (Å²) in [4.78, 5) is 15.4. The van der Waals surface area contributed by atoms with Crippen molar-refractivity contribution in [2.24, 2.45) is 0 Å². The van der Waals surface area contributed by atoms with E-state index in [4.69, 9.17) is 9.84 Å². The van der Waals surface area contributed by atoms with E-state index in [-0.39, 0.29) is 17.0 Å². The van der Waals surface area contributed by atoms with Gasteiger partial charge in [-0.25, -0.2) is 13.2 Å². The summed E-state index contributed by atoms with van der Waals surface area (Å²) >= 11 is 0. The fraction of sp³-hybridized carbons (Fsp3) is 0.182. The number of carbonyl (C=O) groups is 1. The molecule has 3 rings (SSSR count). The first kappa shape index (κ1) is 21.5. The van der Waals surface area contributed by atoms with Crippen molar-refractivity contribution in [2.45, 2.75) is 23.7 Å². The van der Waals surface area contributed by atoms with Crippen molar-refractivity contribution in [1.29, 1.82) is 0 Å². The highest BCUT2D eigenvalue weighted by Crippen LogP contribution is 2.27. The third-order valence-corrected chi connectivity index (χ3v) is 6.38. The molecule has 1 aromatic heterocycles. The van der Waals surface area contributed by atoms with Crippen LogP contribution in [0.25, 0.3) is 0 Å². The van der Waals surface area contributed by atoms with Gasteiger partial charge >= 0.3 is 5.97 Å². The zero-order valence-corrected chi connectivity index (χ0v) is 17.2. The molecule has 1 unspecified atom stereocenters. The molecule has 0 aliphatic rings. The lowest BCUT2D eigenvalue weighted by molar-refractivity contribution is 0.0697. The topological polar surface area (TPSA) is 106 Å². The van der Waals surface area contributed by atoms with Crippen LogP contribution in [0.2, 0.25) is 0 Å². The smallest absolute Gasteiger partial charge is 0.335 e. The molecule has 0 saturated heterocycles. The summed E-state index contributed by atoms with van der Waals surface area (Å²) in [7, 11) is -3.80. The van der Waals surface area contributed by atoms with Gasteiger partial charge in [-0.1, -0.05) is 18.2 Å². The molecular weight excluding hydrogens is 404 g/mol. The number of aromatic nitrogens is 1. The second kappa shape index (κ2) is 9.51. The van der Waals surface area contributed by atoms with Gasteiger partial charge in [0, 0.05) is 12.7 Å². The third-order valence-electron chi connectivity index (χ3n) is 4.42. The fourth-order valence-corrected chi connectivity index (χ4v) is 4.46. The summed E-state index contributed by atoms with van der Waals surface area (Å²) in [6.45, 7) is 2.57. The average Bonchev–Trinajstić information content (AvgIpc) is 2.75. The van der Waals surface area contributed by atoms with Gasteiger partial charge in [0.05, 0.1) is 22.8 Å². The second-order valence-corrected chi connectivity index (χ2v) is 8.50. The number of rotatable bonds is 9. The highest BCUT2D eigenvalue weighted by atomic mass is 32.2. The number of sulfone groups is 1. The standard InChI is InChI=1S/C22H22N2O5S/c1-2-29-18-10-12-19(13-11-18)30(27,28)21(20-5-3-4-14-23-20)24-15-16-6-8-17(9-7-16)22(25)26/h3-14,21,24H,2,15H2,1H3,(H,25,26). The van der Waals surface area contributed by atoms with Crippen LogP contribution in [0, 0.1) is 0 Å². The van der Waals surface area contributed by atoms with E-state index in [1.54, 1.807) is 48.7 Å². The minimum absolute atomic E-state index is 0.148. The van der Waals surface area contributed by atoms with E-state index in [9.17, 15) is 13.2 Å². The first-order chi connectivity index (χ1) is 14.4. The van der Waals surface area contributed by atoms with Crippen LogP contribution < -0.4 is 10.1 Å². The molecule has 0 aliphatic heterocycles. The monoisotopic (exact) mass is 426 g/mol. The quantitative estimate of drug-likeness (QED) is 0.540. The summed E-state index contributed by atoms with van der Waals surface area (Å²) in [5, 5.41) is 11.0. The van der Waals surface area contributed by atoms with E-state index in [1.165, 1.54) is 24.3 Å². The lowest BCUT2D eigenvalue weighted by Gasteiger charge is -2.19. The number of ether oxygens (including phenoxy) is 1.